The predicted octanol–water partition coefficient (Wildman–Crippen LogP) is 5.28. The van der Waals surface area contributed by atoms with Crippen LogP contribution in [0.15, 0.2) is 72.8 Å². The van der Waals surface area contributed by atoms with Gasteiger partial charge in [0.05, 0.1) is 11.2 Å². The first kappa shape index (κ1) is 22.4. The zero-order valence-corrected chi connectivity index (χ0v) is 18.9. The fourth-order valence-corrected chi connectivity index (χ4v) is 3.37. The summed E-state index contributed by atoms with van der Waals surface area (Å²) < 4.78 is 38.2. The molecule has 0 spiro atoms. The highest BCUT2D eigenvalue weighted by Gasteiger charge is 2.52. The van der Waals surface area contributed by atoms with E-state index in [-0.39, 0.29) is 5.82 Å². The van der Waals surface area contributed by atoms with E-state index in [1.807, 2.05) is 82.3 Å². The molecule has 3 aromatic carbocycles. The maximum Gasteiger partial charge on any atom is 0.497 e. The van der Waals surface area contributed by atoms with E-state index in [1.54, 1.807) is 12.1 Å². The summed E-state index contributed by atoms with van der Waals surface area (Å²) in [6.45, 7) is 8.61. The Labute approximate surface area is 189 Å². The molecule has 0 amide bonds. The highest BCUT2D eigenvalue weighted by Crippen LogP contribution is 2.36. The van der Waals surface area contributed by atoms with Gasteiger partial charge >= 0.3 is 7.12 Å². The minimum Gasteiger partial charge on any atom is -0.489 e. The standard InChI is InChI=1S/C26H28BFO4/c1-25(2)26(3,4)32-27(31-25)23-16-20(10-15-24(23)28)18-30-22-13-11-21(12-14-22)29-17-19-8-6-5-7-9-19/h5-16H,17-18H2,1-4H3. The van der Waals surface area contributed by atoms with Crippen molar-refractivity contribution < 1.29 is 23.2 Å². The van der Waals surface area contributed by atoms with Crippen molar-refractivity contribution in [3.05, 3.63) is 89.7 Å². The highest BCUT2D eigenvalue weighted by atomic mass is 19.1. The Hall–Kier alpha value is -2.83. The first-order chi connectivity index (χ1) is 15.2. The van der Waals surface area contributed by atoms with E-state index < -0.39 is 18.3 Å². The van der Waals surface area contributed by atoms with Crippen LogP contribution in [-0.4, -0.2) is 18.3 Å². The van der Waals surface area contributed by atoms with Crippen LogP contribution < -0.4 is 14.9 Å². The minimum absolute atomic E-state index is 0.303. The van der Waals surface area contributed by atoms with Crippen LogP contribution in [0.25, 0.3) is 0 Å². The summed E-state index contributed by atoms with van der Waals surface area (Å²) in [5, 5.41) is 0. The van der Waals surface area contributed by atoms with Gasteiger partial charge in [-0.3, -0.25) is 0 Å². The number of hydrogen-bond acceptors (Lipinski definition) is 4. The average molecular weight is 434 g/mol. The van der Waals surface area contributed by atoms with E-state index in [9.17, 15) is 4.39 Å². The summed E-state index contributed by atoms with van der Waals surface area (Å²) in [5.74, 6) is 1.12. The summed E-state index contributed by atoms with van der Waals surface area (Å²) in [7, 11) is -0.749. The molecule has 4 rings (SSSR count). The molecule has 0 N–H and O–H groups in total. The SMILES string of the molecule is CC1(C)OB(c2cc(COc3ccc(OCc4ccccc4)cc3)ccc2F)OC1(C)C. The summed E-state index contributed by atoms with van der Waals surface area (Å²) in [6, 6.07) is 22.4. The van der Waals surface area contributed by atoms with Crippen LogP contribution in [0.5, 0.6) is 11.5 Å². The third kappa shape index (κ3) is 4.97. The topological polar surface area (TPSA) is 36.9 Å². The molecule has 1 saturated heterocycles. The Kier molecular flexibility index (Phi) is 6.27. The number of rotatable bonds is 7. The van der Waals surface area contributed by atoms with Crippen LogP contribution in [-0.2, 0) is 22.5 Å². The lowest BCUT2D eigenvalue weighted by molar-refractivity contribution is 0.00578. The van der Waals surface area contributed by atoms with Crippen molar-refractivity contribution in [2.24, 2.45) is 0 Å². The van der Waals surface area contributed by atoms with Crippen molar-refractivity contribution >= 4 is 12.6 Å². The van der Waals surface area contributed by atoms with Crippen LogP contribution in [0, 0.1) is 5.82 Å². The average Bonchev–Trinajstić information content (AvgIpc) is 3.00. The van der Waals surface area contributed by atoms with Gasteiger partial charge in [-0.1, -0.05) is 42.5 Å². The molecule has 0 aliphatic carbocycles. The lowest BCUT2D eigenvalue weighted by Gasteiger charge is -2.32. The monoisotopic (exact) mass is 434 g/mol. The Bertz CT molecular complexity index is 1040. The molecule has 0 bridgehead atoms. The molecule has 1 aliphatic rings. The Balaban J connectivity index is 1.36. The predicted molar refractivity (Wildman–Crippen MR) is 124 cm³/mol. The molecule has 0 saturated carbocycles. The molecule has 0 unspecified atom stereocenters. The van der Waals surface area contributed by atoms with Gasteiger partial charge in [0.1, 0.15) is 30.5 Å². The second-order valence-corrected chi connectivity index (χ2v) is 8.98. The van der Waals surface area contributed by atoms with Gasteiger partial charge in [0.15, 0.2) is 0 Å². The second kappa shape index (κ2) is 8.97. The molecule has 1 heterocycles. The zero-order valence-electron chi connectivity index (χ0n) is 18.9. The molecule has 4 nitrogen and oxygen atoms in total. The van der Waals surface area contributed by atoms with Gasteiger partial charge in [-0.2, -0.15) is 0 Å². The van der Waals surface area contributed by atoms with Gasteiger partial charge < -0.3 is 18.8 Å². The van der Waals surface area contributed by atoms with Crippen molar-refractivity contribution in [3.63, 3.8) is 0 Å². The fraction of sp³-hybridized carbons (Fsp3) is 0.308. The van der Waals surface area contributed by atoms with Crippen molar-refractivity contribution in [3.8, 4) is 11.5 Å². The molecule has 3 aromatic rings. The number of hydrogen-bond donors (Lipinski definition) is 0. The van der Waals surface area contributed by atoms with Crippen molar-refractivity contribution in [2.75, 3.05) is 0 Å². The van der Waals surface area contributed by atoms with Gasteiger partial charge in [-0.05, 0) is 69.2 Å². The number of benzene rings is 3. The van der Waals surface area contributed by atoms with Gasteiger partial charge in [-0.15, -0.1) is 0 Å². The molecule has 166 valence electrons. The molecule has 1 aliphatic heterocycles. The summed E-state index contributed by atoms with van der Waals surface area (Å²) in [4.78, 5) is 0. The van der Waals surface area contributed by atoms with E-state index >= 15 is 0 Å². The molecule has 0 radical (unpaired) electrons. The highest BCUT2D eigenvalue weighted by molar-refractivity contribution is 6.62. The maximum absolute atomic E-state index is 14.5. The van der Waals surface area contributed by atoms with E-state index in [2.05, 4.69) is 0 Å². The third-order valence-electron chi connectivity index (χ3n) is 6.05. The van der Waals surface area contributed by atoms with Crippen LogP contribution in [0.3, 0.4) is 0 Å². The lowest BCUT2D eigenvalue weighted by Crippen LogP contribution is -2.41. The molecular formula is C26H28BFO4. The maximum atomic E-state index is 14.5. The van der Waals surface area contributed by atoms with Crippen molar-refractivity contribution in [2.45, 2.75) is 52.1 Å². The van der Waals surface area contributed by atoms with Crippen molar-refractivity contribution in [1.82, 2.24) is 0 Å². The van der Waals surface area contributed by atoms with E-state index in [0.29, 0.717) is 24.4 Å². The van der Waals surface area contributed by atoms with Crippen LogP contribution in [0.4, 0.5) is 4.39 Å². The molecule has 0 aromatic heterocycles. The number of halogens is 1. The van der Waals surface area contributed by atoms with Gasteiger partial charge in [0, 0.05) is 5.46 Å². The largest absolute Gasteiger partial charge is 0.497 e. The molecule has 1 fully saturated rings. The first-order valence-electron chi connectivity index (χ1n) is 10.8. The Morgan fingerprint density at radius 3 is 1.81 bits per heavy atom. The van der Waals surface area contributed by atoms with E-state index in [0.717, 1.165) is 16.9 Å². The quantitative estimate of drug-likeness (QED) is 0.474. The number of ether oxygens (including phenoxy) is 2. The van der Waals surface area contributed by atoms with Crippen LogP contribution >= 0.6 is 0 Å². The Morgan fingerprint density at radius 1 is 0.719 bits per heavy atom. The lowest BCUT2D eigenvalue weighted by atomic mass is 9.78. The van der Waals surface area contributed by atoms with E-state index in [1.165, 1.54) is 6.07 Å². The molecule has 0 atom stereocenters. The molecule has 6 heteroatoms. The molecular weight excluding hydrogens is 406 g/mol. The first-order valence-corrected chi connectivity index (χ1v) is 10.8. The van der Waals surface area contributed by atoms with Gasteiger partial charge in [-0.25, -0.2) is 4.39 Å². The van der Waals surface area contributed by atoms with Crippen LogP contribution in [0.1, 0.15) is 38.8 Å². The fourth-order valence-electron chi connectivity index (χ4n) is 3.37. The smallest absolute Gasteiger partial charge is 0.489 e. The Morgan fingerprint density at radius 2 is 1.25 bits per heavy atom. The second-order valence-electron chi connectivity index (χ2n) is 8.98. The van der Waals surface area contributed by atoms with E-state index in [4.69, 9.17) is 18.8 Å². The minimum atomic E-state index is -0.749. The van der Waals surface area contributed by atoms with Crippen molar-refractivity contribution in [1.29, 1.82) is 0 Å². The summed E-state index contributed by atoms with van der Waals surface area (Å²) in [5.41, 5.74) is 1.28. The van der Waals surface area contributed by atoms with Crippen LogP contribution in [0.2, 0.25) is 0 Å². The molecule has 32 heavy (non-hydrogen) atoms. The third-order valence-corrected chi connectivity index (χ3v) is 6.05. The normalized spacial score (nSPS) is 16.7. The van der Waals surface area contributed by atoms with Gasteiger partial charge in [0.25, 0.3) is 0 Å². The van der Waals surface area contributed by atoms with Gasteiger partial charge in [0.2, 0.25) is 0 Å². The summed E-state index contributed by atoms with van der Waals surface area (Å²) in [6.07, 6.45) is 0. The zero-order chi connectivity index (χ0) is 22.8. The summed E-state index contributed by atoms with van der Waals surface area (Å²) >= 11 is 0.